The minimum atomic E-state index is -0.227. The lowest BCUT2D eigenvalue weighted by Gasteiger charge is -2.41. The molecule has 22 heavy (non-hydrogen) atoms. The molecule has 0 spiro atoms. The zero-order valence-electron chi connectivity index (χ0n) is 14.2. The molecule has 0 saturated carbocycles. The van der Waals surface area contributed by atoms with Crippen molar-refractivity contribution < 1.29 is 5.11 Å². The number of aromatic nitrogens is 2. The molecule has 3 rings (SSSR count). The molecular formula is C17H30N4O. The van der Waals surface area contributed by atoms with Crippen molar-refractivity contribution in [1.82, 2.24) is 19.6 Å². The number of hydrogen-bond donors (Lipinski definition) is 1. The molecule has 5 heteroatoms. The highest BCUT2D eigenvalue weighted by molar-refractivity contribution is 5.09. The number of nitrogens with zero attached hydrogens (tertiary/aromatic N) is 4. The van der Waals surface area contributed by atoms with Gasteiger partial charge >= 0.3 is 0 Å². The molecule has 1 atom stereocenters. The normalized spacial score (nSPS) is 23.6. The molecule has 0 radical (unpaired) electrons. The van der Waals surface area contributed by atoms with E-state index >= 15 is 0 Å². The van der Waals surface area contributed by atoms with E-state index in [9.17, 15) is 5.11 Å². The Bertz CT molecular complexity index is 487. The average Bonchev–Trinajstić information content (AvgIpc) is 2.75. The van der Waals surface area contributed by atoms with E-state index in [-0.39, 0.29) is 6.10 Å². The fourth-order valence-electron chi connectivity index (χ4n) is 3.76. The third-order valence-corrected chi connectivity index (χ3v) is 5.14. The molecule has 2 aliphatic heterocycles. The van der Waals surface area contributed by atoms with Crippen LogP contribution in [0.3, 0.4) is 0 Å². The van der Waals surface area contributed by atoms with Crippen LogP contribution >= 0.6 is 0 Å². The first-order valence-electron chi connectivity index (χ1n) is 8.67. The van der Waals surface area contributed by atoms with E-state index in [0.29, 0.717) is 6.04 Å². The summed E-state index contributed by atoms with van der Waals surface area (Å²) in [4.78, 5) is 4.77. The Balaban J connectivity index is 1.39. The van der Waals surface area contributed by atoms with Crippen molar-refractivity contribution in [2.75, 3.05) is 39.3 Å². The van der Waals surface area contributed by atoms with Gasteiger partial charge in [-0.15, -0.1) is 0 Å². The van der Waals surface area contributed by atoms with Gasteiger partial charge in [0.05, 0.1) is 17.8 Å². The molecule has 0 bridgehead atoms. The van der Waals surface area contributed by atoms with Crippen LogP contribution in [0, 0.1) is 19.8 Å². The van der Waals surface area contributed by atoms with Crippen molar-refractivity contribution in [3.8, 4) is 0 Å². The molecule has 1 N–H and O–H groups in total. The van der Waals surface area contributed by atoms with Crippen LogP contribution < -0.4 is 0 Å². The maximum Gasteiger partial charge on any atom is 0.0793 e. The van der Waals surface area contributed by atoms with Gasteiger partial charge in [0.25, 0.3) is 0 Å². The Morgan fingerprint density at radius 3 is 2.41 bits per heavy atom. The van der Waals surface area contributed by atoms with Crippen LogP contribution in [0.2, 0.25) is 0 Å². The maximum absolute atomic E-state index is 10.3. The van der Waals surface area contributed by atoms with Gasteiger partial charge in [0, 0.05) is 31.9 Å². The van der Waals surface area contributed by atoms with Gasteiger partial charge in [-0.1, -0.05) is 6.92 Å². The highest BCUT2D eigenvalue weighted by Crippen LogP contribution is 2.23. The first-order chi connectivity index (χ1) is 10.5. The summed E-state index contributed by atoms with van der Waals surface area (Å²) in [5.41, 5.74) is 2.33. The molecule has 1 aromatic heterocycles. The van der Waals surface area contributed by atoms with Gasteiger partial charge in [0.2, 0.25) is 0 Å². The van der Waals surface area contributed by atoms with E-state index in [2.05, 4.69) is 39.5 Å². The van der Waals surface area contributed by atoms with Crippen LogP contribution in [0.4, 0.5) is 0 Å². The molecule has 2 aliphatic rings. The predicted molar refractivity (Wildman–Crippen MR) is 88.0 cm³/mol. The van der Waals surface area contributed by atoms with Gasteiger partial charge in [-0.25, -0.2) is 0 Å². The first-order valence-corrected chi connectivity index (χ1v) is 8.67. The quantitative estimate of drug-likeness (QED) is 0.894. The molecule has 0 aliphatic carbocycles. The van der Waals surface area contributed by atoms with Crippen LogP contribution in [0.15, 0.2) is 6.07 Å². The lowest BCUT2D eigenvalue weighted by Crippen LogP contribution is -2.52. The number of likely N-dealkylation sites (tertiary alicyclic amines) is 2. The van der Waals surface area contributed by atoms with Crippen molar-refractivity contribution in [1.29, 1.82) is 0 Å². The summed E-state index contributed by atoms with van der Waals surface area (Å²) in [5.74, 6) is 0.852. The van der Waals surface area contributed by atoms with Crippen LogP contribution in [0.1, 0.15) is 37.2 Å². The van der Waals surface area contributed by atoms with Gasteiger partial charge in [0.15, 0.2) is 0 Å². The standard InChI is InChI=1S/C17H30N4O/c1-13-4-6-19(7-5-13)11-17(22)12-20-9-16(10-20)21-15(3)8-14(2)18-21/h8,13,16-17,22H,4-7,9-12H2,1-3H3/t17-/m0/s1. The molecule has 3 heterocycles. The van der Waals surface area contributed by atoms with Crippen molar-refractivity contribution in [3.63, 3.8) is 0 Å². The Labute approximate surface area is 133 Å². The maximum atomic E-state index is 10.3. The van der Waals surface area contributed by atoms with Crippen molar-refractivity contribution >= 4 is 0 Å². The van der Waals surface area contributed by atoms with Gasteiger partial charge in [-0.3, -0.25) is 9.58 Å². The SMILES string of the molecule is Cc1cc(C)n(C2CN(C[C@@H](O)CN3CCC(C)CC3)C2)n1. The number of piperidine rings is 1. The fourth-order valence-corrected chi connectivity index (χ4v) is 3.76. The summed E-state index contributed by atoms with van der Waals surface area (Å²) in [6, 6.07) is 2.62. The molecule has 0 aromatic carbocycles. The molecule has 5 nitrogen and oxygen atoms in total. The highest BCUT2D eigenvalue weighted by atomic mass is 16.3. The fraction of sp³-hybridized carbons (Fsp3) is 0.824. The zero-order chi connectivity index (χ0) is 15.7. The van der Waals surface area contributed by atoms with Crippen LogP contribution in [0.25, 0.3) is 0 Å². The Kier molecular flexibility index (Phi) is 4.85. The van der Waals surface area contributed by atoms with E-state index in [1.165, 1.54) is 18.5 Å². The van der Waals surface area contributed by atoms with E-state index < -0.39 is 0 Å². The summed E-state index contributed by atoms with van der Waals surface area (Å²) in [6.45, 7) is 12.4. The number of rotatable bonds is 5. The number of aliphatic hydroxyl groups excluding tert-OH is 1. The number of hydrogen-bond acceptors (Lipinski definition) is 4. The molecular weight excluding hydrogens is 276 g/mol. The van der Waals surface area contributed by atoms with E-state index in [1.54, 1.807) is 0 Å². The topological polar surface area (TPSA) is 44.5 Å². The Morgan fingerprint density at radius 2 is 1.82 bits per heavy atom. The number of β-amino-alcohol motifs (C(OH)–C–C–N with tert-alkyl or cyclic N) is 1. The van der Waals surface area contributed by atoms with Crippen LogP contribution in [-0.2, 0) is 0 Å². The molecule has 124 valence electrons. The minimum absolute atomic E-state index is 0.227. The van der Waals surface area contributed by atoms with Crippen LogP contribution in [-0.4, -0.2) is 70.1 Å². The third kappa shape index (κ3) is 3.70. The summed E-state index contributed by atoms with van der Waals surface area (Å²) < 4.78 is 2.14. The Hall–Kier alpha value is -0.910. The second-order valence-electron chi connectivity index (χ2n) is 7.38. The molecule has 2 saturated heterocycles. The second kappa shape index (κ2) is 6.69. The van der Waals surface area contributed by atoms with Gasteiger partial charge in [-0.05, 0) is 51.8 Å². The molecule has 0 amide bonds. The largest absolute Gasteiger partial charge is 0.390 e. The monoisotopic (exact) mass is 306 g/mol. The molecule has 0 unspecified atom stereocenters. The van der Waals surface area contributed by atoms with E-state index in [4.69, 9.17) is 0 Å². The van der Waals surface area contributed by atoms with Gasteiger partial charge in [-0.2, -0.15) is 5.10 Å². The van der Waals surface area contributed by atoms with Crippen molar-refractivity contribution in [2.45, 2.75) is 45.8 Å². The summed E-state index contributed by atoms with van der Waals surface area (Å²) in [5, 5.41) is 14.9. The number of aryl methyl sites for hydroxylation is 2. The molecule has 2 fully saturated rings. The lowest BCUT2D eigenvalue weighted by atomic mass is 9.99. The summed E-state index contributed by atoms with van der Waals surface area (Å²) in [6.07, 6.45) is 2.32. The van der Waals surface area contributed by atoms with E-state index in [1.807, 2.05) is 6.92 Å². The average molecular weight is 306 g/mol. The summed E-state index contributed by atoms with van der Waals surface area (Å²) in [7, 11) is 0. The highest BCUT2D eigenvalue weighted by Gasteiger charge is 2.31. The first kappa shape index (κ1) is 16.0. The van der Waals surface area contributed by atoms with Gasteiger partial charge < -0.3 is 10.0 Å². The van der Waals surface area contributed by atoms with Crippen molar-refractivity contribution in [2.24, 2.45) is 5.92 Å². The third-order valence-electron chi connectivity index (χ3n) is 5.14. The zero-order valence-corrected chi connectivity index (χ0v) is 14.2. The Morgan fingerprint density at radius 1 is 1.18 bits per heavy atom. The van der Waals surface area contributed by atoms with E-state index in [0.717, 1.165) is 50.9 Å². The van der Waals surface area contributed by atoms with Crippen molar-refractivity contribution in [3.05, 3.63) is 17.5 Å². The lowest BCUT2D eigenvalue weighted by molar-refractivity contribution is 0.0188. The predicted octanol–water partition coefficient (Wildman–Crippen LogP) is 1.45. The van der Waals surface area contributed by atoms with Gasteiger partial charge in [0.1, 0.15) is 0 Å². The minimum Gasteiger partial charge on any atom is -0.390 e. The second-order valence-corrected chi connectivity index (χ2v) is 7.38. The van der Waals surface area contributed by atoms with Crippen LogP contribution in [0.5, 0.6) is 0 Å². The summed E-state index contributed by atoms with van der Waals surface area (Å²) >= 11 is 0. The number of aliphatic hydroxyl groups is 1. The smallest absolute Gasteiger partial charge is 0.0793 e. The molecule has 1 aromatic rings.